The van der Waals surface area contributed by atoms with E-state index in [1.165, 1.54) is 11.3 Å². The fourth-order valence-corrected chi connectivity index (χ4v) is 2.85. The highest BCUT2D eigenvalue weighted by atomic mass is 32.2. The number of anilines is 2. The van der Waals surface area contributed by atoms with Crippen molar-refractivity contribution in [3.8, 4) is 0 Å². The Balaban J connectivity index is 2.50. The summed E-state index contributed by atoms with van der Waals surface area (Å²) in [6.07, 6.45) is 4.19. The van der Waals surface area contributed by atoms with E-state index < -0.39 is 0 Å². The summed E-state index contributed by atoms with van der Waals surface area (Å²) in [4.78, 5) is 18.7. The van der Waals surface area contributed by atoms with E-state index in [0.717, 1.165) is 30.3 Å². The molecule has 0 aliphatic carbocycles. The minimum absolute atomic E-state index is 0.116. The number of aromatic nitrogens is 1. The van der Waals surface area contributed by atoms with Crippen LogP contribution in [-0.4, -0.2) is 43.0 Å². The van der Waals surface area contributed by atoms with Crippen LogP contribution in [0.2, 0.25) is 0 Å². The van der Waals surface area contributed by atoms with Crippen LogP contribution in [0.4, 0.5) is 10.9 Å². The fraction of sp³-hybridized carbons (Fsp3) is 0.667. The van der Waals surface area contributed by atoms with Gasteiger partial charge in [-0.3, -0.25) is 4.79 Å². The predicted octanol–water partition coefficient (Wildman–Crippen LogP) is 2.05. The third-order valence-electron chi connectivity index (χ3n) is 2.71. The average Bonchev–Trinajstić information content (AvgIpc) is 2.79. The molecule has 1 aromatic heterocycles. The van der Waals surface area contributed by atoms with Gasteiger partial charge in [0.1, 0.15) is 10.7 Å². The van der Waals surface area contributed by atoms with Gasteiger partial charge in [-0.05, 0) is 31.8 Å². The van der Waals surface area contributed by atoms with Crippen LogP contribution >= 0.6 is 23.1 Å². The second kappa shape index (κ2) is 8.27. The number of hydrogen-bond acceptors (Lipinski definition) is 6. The maximum atomic E-state index is 12.0. The number of carbonyl (C=O) groups is 1. The van der Waals surface area contributed by atoms with E-state index in [2.05, 4.69) is 16.6 Å². The number of rotatable bonds is 8. The number of nitrogens with two attached hydrogens (primary N) is 1. The van der Waals surface area contributed by atoms with Gasteiger partial charge in [0.05, 0.1) is 0 Å². The molecule has 0 aromatic carbocycles. The van der Waals surface area contributed by atoms with E-state index in [-0.39, 0.29) is 5.91 Å². The zero-order valence-corrected chi connectivity index (χ0v) is 13.4. The maximum Gasteiger partial charge on any atom is 0.265 e. The molecule has 7 heteroatoms. The smallest absolute Gasteiger partial charge is 0.265 e. The Bertz CT molecular complexity index is 408. The molecule has 5 nitrogen and oxygen atoms in total. The van der Waals surface area contributed by atoms with Crippen LogP contribution in [0, 0.1) is 0 Å². The van der Waals surface area contributed by atoms with Gasteiger partial charge < -0.3 is 16.0 Å². The molecule has 0 fully saturated rings. The lowest BCUT2D eigenvalue weighted by Crippen LogP contribution is -2.24. The van der Waals surface area contributed by atoms with Crippen LogP contribution < -0.4 is 16.0 Å². The van der Waals surface area contributed by atoms with Crippen molar-refractivity contribution >= 4 is 40.0 Å². The molecule has 108 valence electrons. The van der Waals surface area contributed by atoms with Gasteiger partial charge in [0, 0.05) is 20.1 Å². The van der Waals surface area contributed by atoms with E-state index in [1.807, 2.05) is 30.6 Å². The van der Waals surface area contributed by atoms with E-state index in [0.29, 0.717) is 17.2 Å². The summed E-state index contributed by atoms with van der Waals surface area (Å²) in [5.41, 5.74) is 5.80. The lowest BCUT2D eigenvalue weighted by molar-refractivity contribution is 0.0958. The Morgan fingerprint density at radius 2 is 2.26 bits per heavy atom. The van der Waals surface area contributed by atoms with Crippen LogP contribution in [0.1, 0.15) is 29.4 Å². The van der Waals surface area contributed by atoms with Crippen LogP contribution in [0.15, 0.2) is 0 Å². The van der Waals surface area contributed by atoms with Gasteiger partial charge in [-0.25, -0.2) is 4.98 Å². The first-order valence-electron chi connectivity index (χ1n) is 6.34. The minimum Gasteiger partial charge on any atom is -0.382 e. The van der Waals surface area contributed by atoms with Gasteiger partial charge >= 0.3 is 0 Å². The molecule has 1 heterocycles. The quantitative estimate of drug-likeness (QED) is 0.719. The van der Waals surface area contributed by atoms with Crippen LogP contribution in [-0.2, 0) is 0 Å². The van der Waals surface area contributed by atoms with E-state index in [1.54, 1.807) is 0 Å². The lowest BCUT2D eigenvalue weighted by Gasteiger charge is -2.10. The zero-order valence-electron chi connectivity index (χ0n) is 11.7. The topological polar surface area (TPSA) is 71.2 Å². The van der Waals surface area contributed by atoms with E-state index >= 15 is 0 Å². The standard InChI is InChI=1S/C12H22N4OS2/c1-4-16(2)12-15-10(13)9(19-12)11(17)14-7-5-6-8-18-3/h4-8,13H2,1-3H3,(H,14,17). The van der Waals surface area contributed by atoms with Gasteiger partial charge in [0.2, 0.25) is 0 Å². The molecule has 0 bridgehead atoms. The molecule has 0 saturated carbocycles. The molecule has 0 radical (unpaired) electrons. The summed E-state index contributed by atoms with van der Waals surface area (Å²) in [6.45, 7) is 3.56. The minimum atomic E-state index is -0.116. The van der Waals surface area contributed by atoms with Gasteiger partial charge in [0.25, 0.3) is 5.91 Å². The monoisotopic (exact) mass is 302 g/mol. The molecule has 3 N–H and O–H groups in total. The van der Waals surface area contributed by atoms with Gasteiger partial charge in [-0.15, -0.1) is 0 Å². The highest BCUT2D eigenvalue weighted by Crippen LogP contribution is 2.27. The van der Waals surface area contributed by atoms with Crippen LogP contribution in [0.3, 0.4) is 0 Å². The maximum absolute atomic E-state index is 12.0. The van der Waals surface area contributed by atoms with Crippen molar-refractivity contribution in [2.45, 2.75) is 19.8 Å². The third kappa shape index (κ3) is 4.91. The fourth-order valence-electron chi connectivity index (χ4n) is 1.44. The first-order valence-corrected chi connectivity index (χ1v) is 8.55. The van der Waals surface area contributed by atoms with Crippen molar-refractivity contribution in [2.24, 2.45) is 0 Å². The number of nitrogens with zero attached hydrogens (tertiary/aromatic N) is 2. The highest BCUT2D eigenvalue weighted by Gasteiger charge is 2.17. The molecule has 1 rings (SSSR count). The molecule has 0 saturated heterocycles. The Hall–Kier alpha value is -0.950. The van der Waals surface area contributed by atoms with Gasteiger partial charge in [0.15, 0.2) is 5.13 Å². The van der Waals surface area contributed by atoms with Crippen LogP contribution in [0.5, 0.6) is 0 Å². The molecular weight excluding hydrogens is 280 g/mol. The summed E-state index contributed by atoms with van der Waals surface area (Å²) in [5, 5.41) is 3.68. The number of nitrogen functional groups attached to an aromatic ring is 1. The first kappa shape index (κ1) is 16.1. The second-order valence-corrected chi connectivity index (χ2v) is 6.14. The number of nitrogens with one attached hydrogen (secondary N) is 1. The molecule has 0 atom stereocenters. The largest absolute Gasteiger partial charge is 0.382 e. The van der Waals surface area contributed by atoms with E-state index in [9.17, 15) is 4.79 Å². The Kier molecular flexibility index (Phi) is 7.01. The molecule has 0 aliphatic rings. The number of thiazole rings is 1. The molecule has 1 aromatic rings. The number of hydrogen-bond donors (Lipinski definition) is 2. The van der Waals surface area contributed by atoms with Crippen molar-refractivity contribution in [3.05, 3.63) is 4.88 Å². The van der Waals surface area contributed by atoms with Gasteiger partial charge in [-0.1, -0.05) is 11.3 Å². The molecule has 19 heavy (non-hydrogen) atoms. The van der Waals surface area contributed by atoms with Crippen molar-refractivity contribution < 1.29 is 4.79 Å². The van der Waals surface area contributed by atoms with Gasteiger partial charge in [-0.2, -0.15) is 11.8 Å². The second-order valence-electron chi connectivity index (χ2n) is 4.18. The summed E-state index contributed by atoms with van der Waals surface area (Å²) in [5.74, 6) is 1.33. The first-order chi connectivity index (χ1) is 9.10. The Morgan fingerprint density at radius 1 is 1.53 bits per heavy atom. The van der Waals surface area contributed by atoms with Crippen molar-refractivity contribution in [3.63, 3.8) is 0 Å². The van der Waals surface area contributed by atoms with Crippen LogP contribution in [0.25, 0.3) is 0 Å². The summed E-state index contributed by atoms with van der Waals surface area (Å²) < 4.78 is 0. The predicted molar refractivity (Wildman–Crippen MR) is 85.4 cm³/mol. The number of amides is 1. The SMILES string of the molecule is CCN(C)c1nc(N)c(C(=O)NCCCCSC)s1. The summed E-state index contributed by atoms with van der Waals surface area (Å²) in [6, 6.07) is 0. The average molecular weight is 302 g/mol. The third-order valence-corrected chi connectivity index (χ3v) is 4.59. The number of thioether (sulfide) groups is 1. The molecular formula is C12H22N4OS2. The normalized spacial score (nSPS) is 10.5. The molecule has 0 unspecified atom stereocenters. The molecule has 1 amide bonds. The Labute approximate surface area is 123 Å². The van der Waals surface area contributed by atoms with E-state index in [4.69, 9.17) is 5.73 Å². The molecule has 0 aliphatic heterocycles. The summed E-state index contributed by atoms with van der Waals surface area (Å²) >= 11 is 3.16. The Morgan fingerprint density at radius 3 is 2.89 bits per heavy atom. The number of carbonyl (C=O) groups excluding carboxylic acids is 1. The van der Waals surface area contributed by atoms with Crippen molar-refractivity contribution in [1.29, 1.82) is 0 Å². The van der Waals surface area contributed by atoms with Crippen molar-refractivity contribution in [1.82, 2.24) is 10.3 Å². The molecule has 0 spiro atoms. The summed E-state index contributed by atoms with van der Waals surface area (Å²) in [7, 11) is 1.93. The van der Waals surface area contributed by atoms with Crippen molar-refractivity contribution in [2.75, 3.05) is 42.8 Å². The zero-order chi connectivity index (χ0) is 14.3. The lowest BCUT2D eigenvalue weighted by atomic mass is 10.3. The highest BCUT2D eigenvalue weighted by molar-refractivity contribution is 7.98. The number of unbranched alkanes of at least 4 members (excludes halogenated alkanes) is 1.